The van der Waals surface area contributed by atoms with Crippen LogP contribution in [0.3, 0.4) is 0 Å². The summed E-state index contributed by atoms with van der Waals surface area (Å²) in [5.41, 5.74) is 8.74. The molecule has 3 heteroatoms. The molecule has 1 aromatic rings. The highest BCUT2D eigenvalue weighted by atomic mass is 79.9. The lowest BCUT2D eigenvalue weighted by Gasteiger charge is -2.35. The number of piperidine rings is 1. The SMILES string of the molecule is CCC(N)Cc1ccc(N2CCC(C(C)C)CC2)cc1Br. The molecule has 1 saturated heterocycles. The van der Waals surface area contributed by atoms with Crippen molar-refractivity contribution in [2.75, 3.05) is 18.0 Å². The van der Waals surface area contributed by atoms with E-state index in [0.717, 1.165) is 24.7 Å². The van der Waals surface area contributed by atoms with E-state index in [1.807, 2.05) is 0 Å². The highest BCUT2D eigenvalue weighted by Crippen LogP contribution is 2.30. The minimum Gasteiger partial charge on any atom is -0.371 e. The molecule has 1 heterocycles. The standard InChI is InChI=1S/C18H29BrN2/c1-4-16(20)11-15-5-6-17(12-18(15)19)21-9-7-14(8-10-21)13(2)3/h5-6,12-14,16H,4,7-11,20H2,1-3H3. The van der Waals surface area contributed by atoms with Crippen molar-refractivity contribution in [3.05, 3.63) is 28.2 Å². The van der Waals surface area contributed by atoms with Crippen molar-refractivity contribution in [3.8, 4) is 0 Å². The summed E-state index contributed by atoms with van der Waals surface area (Å²) < 4.78 is 1.20. The number of hydrogen-bond donors (Lipinski definition) is 1. The van der Waals surface area contributed by atoms with Crippen LogP contribution in [-0.4, -0.2) is 19.1 Å². The first-order valence-corrected chi connectivity index (χ1v) is 9.09. The van der Waals surface area contributed by atoms with Gasteiger partial charge in [0.2, 0.25) is 0 Å². The molecule has 1 aliphatic rings. The predicted octanol–water partition coefficient (Wildman–Crippen LogP) is 4.60. The predicted molar refractivity (Wildman–Crippen MR) is 95.9 cm³/mol. The Hall–Kier alpha value is -0.540. The van der Waals surface area contributed by atoms with Crippen LogP contribution in [0, 0.1) is 11.8 Å². The maximum absolute atomic E-state index is 6.07. The summed E-state index contributed by atoms with van der Waals surface area (Å²) in [5, 5.41) is 0. The van der Waals surface area contributed by atoms with Gasteiger partial charge in [0.1, 0.15) is 0 Å². The maximum atomic E-state index is 6.07. The second-order valence-electron chi connectivity index (χ2n) is 6.72. The van der Waals surface area contributed by atoms with Gasteiger partial charge >= 0.3 is 0 Å². The third-order valence-corrected chi connectivity index (χ3v) is 5.63. The molecule has 2 N–H and O–H groups in total. The van der Waals surface area contributed by atoms with Gasteiger partial charge in [-0.2, -0.15) is 0 Å². The fraction of sp³-hybridized carbons (Fsp3) is 0.667. The van der Waals surface area contributed by atoms with Crippen LogP contribution in [-0.2, 0) is 6.42 Å². The average Bonchev–Trinajstić information content (AvgIpc) is 2.49. The molecule has 1 unspecified atom stereocenters. The molecule has 2 rings (SSSR count). The Kier molecular flexibility index (Phi) is 6.12. The van der Waals surface area contributed by atoms with E-state index < -0.39 is 0 Å². The van der Waals surface area contributed by atoms with Crippen LogP contribution in [0.25, 0.3) is 0 Å². The Labute approximate surface area is 138 Å². The Balaban J connectivity index is 2.00. The van der Waals surface area contributed by atoms with Gasteiger partial charge in [-0.25, -0.2) is 0 Å². The summed E-state index contributed by atoms with van der Waals surface area (Å²) in [7, 11) is 0. The number of nitrogens with two attached hydrogens (primary N) is 1. The van der Waals surface area contributed by atoms with E-state index in [1.54, 1.807) is 0 Å². The van der Waals surface area contributed by atoms with E-state index in [0.29, 0.717) is 0 Å². The van der Waals surface area contributed by atoms with Crippen molar-refractivity contribution in [3.63, 3.8) is 0 Å². The lowest BCUT2D eigenvalue weighted by Crippen LogP contribution is -2.35. The van der Waals surface area contributed by atoms with Crippen LogP contribution in [0.2, 0.25) is 0 Å². The van der Waals surface area contributed by atoms with Crippen molar-refractivity contribution in [2.24, 2.45) is 17.6 Å². The molecule has 118 valence electrons. The molecule has 0 amide bonds. The fourth-order valence-corrected chi connectivity index (χ4v) is 3.68. The summed E-state index contributed by atoms with van der Waals surface area (Å²) in [4.78, 5) is 2.52. The van der Waals surface area contributed by atoms with Gasteiger partial charge < -0.3 is 10.6 Å². The molecule has 1 aliphatic heterocycles. The molecule has 0 bridgehead atoms. The van der Waals surface area contributed by atoms with Gasteiger partial charge in [0, 0.05) is 29.3 Å². The Bertz CT molecular complexity index is 451. The van der Waals surface area contributed by atoms with E-state index >= 15 is 0 Å². The molecule has 0 radical (unpaired) electrons. The Morgan fingerprint density at radius 2 is 1.95 bits per heavy atom. The van der Waals surface area contributed by atoms with Gasteiger partial charge in [-0.05, 0) is 55.2 Å². The highest BCUT2D eigenvalue weighted by Gasteiger charge is 2.22. The third-order valence-electron chi connectivity index (χ3n) is 4.89. The largest absolute Gasteiger partial charge is 0.371 e. The Morgan fingerprint density at radius 3 is 2.48 bits per heavy atom. The molecule has 21 heavy (non-hydrogen) atoms. The van der Waals surface area contributed by atoms with Crippen LogP contribution < -0.4 is 10.6 Å². The number of nitrogens with zero attached hydrogens (tertiary/aromatic N) is 1. The zero-order valence-corrected chi connectivity index (χ0v) is 15.2. The molecule has 1 atom stereocenters. The summed E-state index contributed by atoms with van der Waals surface area (Å²) in [5.74, 6) is 1.71. The van der Waals surface area contributed by atoms with E-state index in [-0.39, 0.29) is 6.04 Å². The molecule has 0 aliphatic carbocycles. The molecule has 0 spiro atoms. The molecule has 0 saturated carbocycles. The minimum atomic E-state index is 0.258. The Morgan fingerprint density at radius 1 is 1.29 bits per heavy atom. The maximum Gasteiger partial charge on any atom is 0.0377 e. The van der Waals surface area contributed by atoms with Crippen LogP contribution in [0.1, 0.15) is 45.6 Å². The first-order chi connectivity index (χ1) is 10.0. The molecule has 1 fully saturated rings. The van der Waals surface area contributed by atoms with Crippen molar-refractivity contribution < 1.29 is 0 Å². The lowest BCUT2D eigenvalue weighted by molar-refractivity contribution is 0.311. The van der Waals surface area contributed by atoms with Crippen LogP contribution in [0.4, 0.5) is 5.69 Å². The van der Waals surface area contributed by atoms with Crippen molar-refractivity contribution in [2.45, 2.75) is 52.5 Å². The molecular formula is C18H29BrN2. The van der Waals surface area contributed by atoms with E-state index in [2.05, 4.69) is 59.8 Å². The smallest absolute Gasteiger partial charge is 0.0377 e. The molecule has 0 aromatic heterocycles. The second-order valence-corrected chi connectivity index (χ2v) is 7.57. The summed E-state index contributed by atoms with van der Waals surface area (Å²) in [6.45, 7) is 9.21. The van der Waals surface area contributed by atoms with Gasteiger partial charge in [0.25, 0.3) is 0 Å². The fourth-order valence-electron chi connectivity index (χ4n) is 3.15. The number of rotatable bonds is 5. The first kappa shape index (κ1) is 16.8. The molecular weight excluding hydrogens is 324 g/mol. The quantitative estimate of drug-likeness (QED) is 0.838. The van der Waals surface area contributed by atoms with E-state index in [1.165, 1.54) is 41.7 Å². The number of benzene rings is 1. The summed E-state index contributed by atoms with van der Waals surface area (Å²) >= 11 is 3.72. The lowest BCUT2D eigenvalue weighted by atomic mass is 9.86. The third kappa shape index (κ3) is 4.46. The number of hydrogen-bond acceptors (Lipinski definition) is 2. The normalized spacial score (nSPS) is 18.3. The zero-order chi connectivity index (χ0) is 15.4. The van der Waals surface area contributed by atoms with Crippen LogP contribution in [0.5, 0.6) is 0 Å². The van der Waals surface area contributed by atoms with Crippen LogP contribution >= 0.6 is 15.9 Å². The van der Waals surface area contributed by atoms with Crippen molar-refractivity contribution in [1.29, 1.82) is 0 Å². The second kappa shape index (κ2) is 7.64. The molecule has 2 nitrogen and oxygen atoms in total. The topological polar surface area (TPSA) is 29.3 Å². The average molecular weight is 353 g/mol. The van der Waals surface area contributed by atoms with E-state index in [4.69, 9.17) is 5.73 Å². The monoisotopic (exact) mass is 352 g/mol. The van der Waals surface area contributed by atoms with E-state index in [9.17, 15) is 0 Å². The first-order valence-electron chi connectivity index (χ1n) is 8.30. The summed E-state index contributed by atoms with van der Waals surface area (Å²) in [6, 6.07) is 7.03. The number of halogens is 1. The van der Waals surface area contributed by atoms with Gasteiger partial charge in [-0.3, -0.25) is 0 Å². The highest BCUT2D eigenvalue weighted by molar-refractivity contribution is 9.10. The van der Waals surface area contributed by atoms with Crippen molar-refractivity contribution in [1.82, 2.24) is 0 Å². The minimum absolute atomic E-state index is 0.258. The van der Waals surface area contributed by atoms with Crippen LogP contribution in [0.15, 0.2) is 22.7 Å². The molecule has 1 aromatic carbocycles. The van der Waals surface area contributed by atoms with Crippen molar-refractivity contribution >= 4 is 21.6 Å². The summed E-state index contributed by atoms with van der Waals surface area (Å²) in [6.07, 6.45) is 4.61. The van der Waals surface area contributed by atoms with Gasteiger partial charge in [-0.1, -0.05) is 42.8 Å². The zero-order valence-electron chi connectivity index (χ0n) is 13.6. The van der Waals surface area contributed by atoms with Gasteiger partial charge in [0.05, 0.1) is 0 Å². The van der Waals surface area contributed by atoms with Gasteiger partial charge in [-0.15, -0.1) is 0 Å². The number of anilines is 1. The van der Waals surface area contributed by atoms with Gasteiger partial charge in [0.15, 0.2) is 0 Å².